The van der Waals surface area contributed by atoms with E-state index in [9.17, 15) is 4.79 Å². The predicted octanol–water partition coefficient (Wildman–Crippen LogP) is 3.32. The van der Waals surface area contributed by atoms with E-state index in [1.54, 1.807) is 18.0 Å². The van der Waals surface area contributed by atoms with Gasteiger partial charge in [-0.15, -0.1) is 11.8 Å². The Morgan fingerprint density at radius 1 is 1.29 bits per heavy atom. The van der Waals surface area contributed by atoms with Crippen molar-refractivity contribution in [3.8, 4) is 0 Å². The number of nitrogens with zero attached hydrogens (tertiary/aromatic N) is 2. The first-order valence-electron chi connectivity index (χ1n) is 6.65. The largest absolute Gasteiger partial charge is 0.349 e. The summed E-state index contributed by atoms with van der Waals surface area (Å²) in [4.78, 5) is 21.4. The Labute approximate surface area is 133 Å². The Kier molecular flexibility index (Phi) is 6.02. The first-order valence-corrected chi connectivity index (χ1v) is 7.91. The lowest BCUT2D eigenvalue weighted by atomic mass is 10.3. The minimum atomic E-state index is -0.136. The summed E-state index contributed by atoms with van der Waals surface area (Å²) in [6.07, 6.45) is 3.83. The first-order chi connectivity index (χ1) is 10.2. The summed E-state index contributed by atoms with van der Waals surface area (Å²) in [6, 6.07) is 9.89. The molecule has 21 heavy (non-hydrogen) atoms. The van der Waals surface area contributed by atoms with Crippen LogP contribution in [0, 0.1) is 0 Å². The van der Waals surface area contributed by atoms with Gasteiger partial charge in [0.1, 0.15) is 0 Å². The molecule has 6 heteroatoms. The van der Waals surface area contributed by atoms with Crippen molar-refractivity contribution in [2.75, 3.05) is 0 Å². The molecule has 1 amide bonds. The number of hydrogen-bond acceptors (Lipinski definition) is 4. The van der Waals surface area contributed by atoms with E-state index < -0.39 is 0 Å². The Bertz CT molecular complexity index is 594. The second-order valence-electron chi connectivity index (χ2n) is 4.34. The molecule has 0 spiro atoms. The molecule has 0 aliphatic carbocycles. The number of rotatable bonds is 6. The lowest BCUT2D eigenvalue weighted by Crippen LogP contribution is -2.32. The van der Waals surface area contributed by atoms with E-state index in [1.165, 1.54) is 6.20 Å². The van der Waals surface area contributed by atoms with Gasteiger partial charge in [0.05, 0.1) is 17.5 Å². The van der Waals surface area contributed by atoms with Crippen LogP contribution in [-0.4, -0.2) is 21.1 Å². The van der Waals surface area contributed by atoms with Gasteiger partial charge < -0.3 is 5.32 Å². The average Bonchev–Trinajstić information content (AvgIpc) is 2.52. The molecular formula is C15H16ClN3OS. The van der Waals surface area contributed by atoms with E-state index in [-0.39, 0.29) is 17.7 Å². The molecule has 110 valence electrons. The van der Waals surface area contributed by atoms with Crippen LogP contribution in [0.1, 0.15) is 19.0 Å². The lowest BCUT2D eigenvalue weighted by molar-refractivity contribution is -0.120. The summed E-state index contributed by atoms with van der Waals surface area (Å²) >= 11 is 7.48. The number of halogens is 1. The third-order valence-electron chi connectivity index (χ3n) is 2.84. The van der Waals surface area contributed by atoms with Crippen LogP contribution in [0.5, 0.6) is 0 Å². The fourth-order valence-corrected chi connectivity index (χ4v) is 2.91. The Morgan fingerprint density at radius 3 is 2.67 bits per heavy atom. The van der Waals surface area contributed by atoms with Gasteiger partial charge in [-0.3, -0.25) is 9.78 Å². The lowest BCUT2D eigenvalue weighted by Gasteiger charge is -2.14. The molecule has 2 aromatic rings. The van der Waals surface area contributed by atoms with Gasteiger partial charge in [0.25, 0.3) is 0 Å². The molecular weight excluding hydrogens is 306 g/mol. The van der Waals surface area contributed by atoms with Crippen LogP contribution in [0.25, 0.3) is 0 Å². The van der Waals surface area contributed by atoms with Crippen molar-refractivity contribution < 1.29 is 4.79 Å². The zero-order valence-electron chi connectivity index (χ0n) is 11.6. The molecule has 0 fully saturated rings. The van der Waals surface area contributed by atoms with Crippen molar-refractivity contribution in [3.63, 3.8) is 0 Å². The highest BCUT2D eigenvalue weighted by Gasteiger charge is 2.18. The molecule has 1 aromatic carbocycles. The number of carbonyl (C=O) groups excluding carboxylic acids is 1. The molecule has 4 nitrogen and oxygen atoms in total. The molecule has 1 N–H and O–H groups in total. The van der Waals surface area contributed by atoms with E-state index in [0.717, 1.165) is 11.3 Å². The van der Waals surface area contributed by atoms with E-state index in [1.807, 2.05) is 37.3 Å². The highest BCUT2D eigenvalue weighted by molar-refractivity contribution is 8.00. The van der Waals surface area contributed by atoms with Crippen LogP contribution in [0.15, 0.2) is 47.6 Å². The third kappa shape index (κ3) is 4.72. The molecule has 1 aromatic heterocycles. The van der Waals surface area contributed by atoms with Crippen molar-refractivity contribution in [1.82, 2.24) is 15.3 Å². The minimum absolute atomic E-state index is 0.0203. The maximum atomic E-state index is 12.2. The second-order valence-corrected chi connectivity index (χ2v) is 5.97. The van der Waals surface area contributed by atoms with Crippen molar-refractivity contribution in [3.05, 3.63) is 53.6 Å². The summed E-state index contributed by atoms with van der Waals surface area (Å²) in [5.74, 6) is -0.0203. The third-order valence-corrected chi connectivity index (χ3v) is 4.53. The molecule has 0 saturated carbocycles. The number of benzene rings is 1. The molecule has 2 rings (SSSR count). The minimum Gasteiger partial charge on any atom is -0.349 e. The van der Waals surface area contributed by atoms with Crippen LogP contribution in [0.3, 0.4) is 0 Å². The van der Waals surface area contributed by atoms with E-state index >= 15 is 0 Å². The predicted molar refractivity (Wildman–Crippen MR) is 85.3 cm³/mol. The van der Waals surface area contributed by atoms with Crippen LogP contribution in [-0.2, 0) is 11.3 Å². The Balaban J connectivity index is 1.93. The molecule has 1 atom stereocenters. The van der Waals surface area contributed by atoms with Gasteiger partial charge in [-0.25, -0.2) is 4.98 Å². The van der Waals surface area contributed by atoms with Gasteiger partial charge in [0.15, 0.2) is 5.15 Å². The quantitative estimate of drug-likeness (QED) is 0.829. The first kappa shape index (κ1) is 15.8. The zero-order valence-corrected chi connectivity index (χ0v) is 13.2. The van der Waals surface area contributed by atoms with Crippen LogP contribution in [0.4, 0.5) is 0 Å². The number of nitrogens with one attached hydrogen (secondary N) is 1. The van der Waals surface area contributed by atoms with Gasteiger partial charge in [0, 0.05) is 17.3 Å². The van der Waals surface area contributed by atoms with E-state index in [0.29, 0.717) is 10.8 Å². The van der Waals surface area contributed by atoms with Crippen molar-refractivity contribution in [2.45, 2.75) is 30.0 Å². The summed E-state index contributed by atoms with van der Waals surface area (Å²) in [7, 11) is 0. The standard InChI is InChI=1S/C15H16ClN3OS/c1-2-13(21-11-6-4-3-5-7-11)15(20)19-10-12-14(16)18-9-8-17-12/h3-9,13H,2,10H2,1H3,(H,19,20). The summed E-state index contributed by atoms with van der Waals surface area (Å²) in [5, 5.41) is 3.05. The highest BCUT2D eigenvalue weighted by Crippen LogP contribution is 2.25. The fraction of sp³-hybridized carbons (Fsp3) is 0.267. The zero-order chi connectivity index (χ0) is 15.1. The normalized spacial score (nSPS) is 11.9. The fourth-order valence-electron chi connectivity index (χ4n) is 1.74. The van der Waals surface area contributed by atoms with Gasteiger partial charge >= 0.3 is 0 Å². The number of amides is 1. The Morgan fingerprint density at radius 2 is 2.00 bits per heavy atom. The van der Waals surface area contributed by atoms with Crippen LogP contribution in [0.2, 0.25) is 5.15 Å². The molecule has 0 bridgehead atoms. The summed E-state index contributed by atoms with van der Waals surface area (Å²) < 4.78 is 0. The van der Waals surface area contributed by atoms with Crippen LogP contribution < -0.4 is 5.32 Å². The molecule has 1 unspecified atom stereocenters. The monoisotopic (exact) mass is 321 g/mol. The van der Waals surface area contributed by atoms with Gasteiger partial charge in [-0.2, -0.15) is 0 Å². The van der Waals surface area contributed by atoms with Gasteiger partial charge in [-0.1, -0.05) is 36.7 Å². The van der Waals surface area contributed by atoms with Gasteiger partial charge in [0.2, 0.25) is 5.91 Å². The van der Waals surface area contributed by atoms with E-state index in [2.05, 4.69) is 15.3 Å². The molecule has 0 saturated heterocycles. The van der Waals surface area contributed by atoms with Crippen molar-refractivity contribution >= 4 is 29.3 Å². The SMILES string of the molecule is CCC(Sc1ccccc1)C(=O)NCc1nccnc1Cl. The second kappa shape index (κ2) is 8.00. The molecule has 1 heterocycles. The maximum absolute atomic E-state index is 12.2. The highest BCUT2D eigenvalue weighted by atomic mass is 35.5. The topological polar surface area (TPSA) is 54.9 Å². The number of thioether (sulfide) groups is 1. The van der Waals surface area contributed by atoms with Gasteiger partial charge in [-0.05, 0) is 18.6 Å². The van der Waals surface area contributed by atoms with Crippen LogP contribution >= 0.6 is 23.4 Å². The number of carbonyl (C=O) groups is 1. The smallest absolute Gasteiger partial charge is 0.233 e. The summed E-state index contributed by atoms with van der Waals surface area (Å²) in [5.41, 5.74) is 0.576. The summed E-state index contributed by atoms with van der Waals surface area (Å²) in [6.45, 7) is 2.28. The molecule has 0 radical (unpaired) electrons. The number of hydrogen-bond donors (Lipinski definition) is 1. The van der Waals surface area contributed by atoms with Crippen molar-refractivity contribution in [1.29, 1.82) is 0 Å². The number of aromatic nitrogens is 2. The molecule has 0 aliphatic rings. The Hall–Kier alpha value is -1.59. The maximum Gasteiger partial charge on any atom is 0.233 e. The van der Waals surface area contributed by atoms with Crippen molar-refractivity contribution in [2.24, 2.45) is 0 Å². The molecule has 0 aliphatic heterocycles. The van der Waals surface area contributed by atoms with E-state index in [4.69, 9.17) is 11.6 Å². The average molecular weight is 322 g/mol.